The van der Waals surface area contributed by atoms with Gasteiger partial charge in [0, 0.05) is 5.56 Å². The summed E-state index contributed by atoms with van der Waals surface area (Å²) in [6, 6.07) is 6.12. The van der Waals surface area contributed by atoms with Crippen LogP contribution in [0.15, 0.2) is 24.3 Å². The third-order valence-corrected chi connectivity index (χ3v) is 3.20. The molecule has 4 nitrogen and oxygen atoms in total. The van der Waals surface area contributed by atoms with Crippen LogP contribution in [0.5, 0.6) is 5.75 Å². The highest BCUT2D eigenvalue weighted by molar-refractivity contribution is 7.80. The van der Waals surface area contributed by atoms with Crippen LogP contribution in [0.2, 0.25) is 0 Å². The Morgan fingerprint density at radius 2 is 2.24 bits per heavy atom. The maximum absolute atomic E-state index is 11.9. The van der Waals surface area contributed by atoms with Crippen LogP contribution in [0.4, 0.5) is 0 Å². The lowest BCUT2D eigenvalue weighted by molar-refractivity contribution is 0.0926. The number of carbonyl (C=O) groups is 1. The quantitative estimate of drug-likeness (QED) is 0.711. The molecule has 0 radical (unpaired) electrons. The minimum Gasteiger partial charge on any atom is -0.508 e. The molecule has 17 heavy (non-hydrogen) atoms. The largest absolute Gasteiger partial charge is 0.508 e. The zero-order valence-corrected chi connectivity index (χ0v) is 10.7. The summed E-state index contributed by atoms with van der Waals surface area (Å²) in [6.07, 6.45) is 0.604. The standard InChI is InChI=1S/C12H16N2O2S/c1-3-12(2,11(13)17)14-10(16)8-5-4-6-9(15)7-8/h4-7,15H,3H2,1-2H3,(H2,13,17)(H,14,16). The second-order valence-corrected chi connectivity index (χ2v) is 4.49. The number of hydrogen-bond donors (Lipinski definition) is 3. The van der Waals surface area contributed by atoms with Crippen molar-refractivity contribution in [3.63, 3.8) is 0 Å². The fourth-order valence-corrected chi connectivity index (χ4v) is 1.49. The number of hydrogen-bond acceptors (Lipinski definition) is 3. The van der Waals surface area contributed by atoms with Gasteiger partial charge in [0.25, 0.3) is 5.91 Å². The Labute approximate surface area is 106 Å². The SMILES string of the molecule is CCC(C)(NC(=O)c1cccc(O)c1)C(N)=S. The van der Waals surface area contributed by atoms with Crippen LogP contribution in [0.3, 0.4) is 0 Å². The number of thiocarbonyl (C=S) groups is 1. The first kappa shape index (κ1) is 13.4. The van der Waals surface area contributed by atoms with Gasteiger partial charge in [0.1, 0.15) is 5.75 Å². The van der Waals surface area contributed by atoms with E-state index in [1.807, 2.05) is 6.92 Å². The predicted octanol–water partition coefficient (Wildman–Crippen LogP) is 1.58. The molecule has 5 heteroatoms. The van der Waals surface area contributed by atoms with Gasteiger partial charge in [0.05, 0.1) is 10.5 Å². The van der Waals surface area contributed by atoms with Gasteiger partial charge in [-0.25, -0.2) is 0 Å². The highest BCUT2D eigenvalue weighted by Crippen LogP contribution is 2.14. The molecule has 1 amide bonds. The first-order chi connectivity index (χ1) is 7.89. The van der Waals surface area contributed by atoms with E-state index in [9.17, 15) is 9.90 Å². The molecule has 0 bridgehead atoms. The van der Waals surface area contributed by atoms with Crippen LogP contribution >= 0.6 is 12.2 Å². The van der Waals surface area contributed by atoms with E-state index in [1.165, 1.54) is 12.1 Å². The van der Waals surface area contributed by atoms with E-state index in [0.29, 0.717) is 12.0 Å². The van der Waals surface area contributed by atoms with E-state index in [0.717, 1.165) is 0 Å². The Hall–Kier alpha value is -1.62. The van der Waals surface area contributed by atoms with Gasteiger partial charge >= 0.3 is 0 Å². The number of carbonyl (C=O) groups excluding carboxylic acids is 1. The molecular weight excluding hydrogens is 236 g/mol. The van der Waals surface area contributed by atoms with Crippen LogP contribution in [0.1, 0.15) is 30.6 Å². The van der Waals surface area contributed by atoms with Crippen molar-refractivity contribution in [2.45, 2.75) is 25.8 Å². The lowest BCUT2D eigenvalue weighted by Crippen LogP contribution is -2.54. The van der Waals surface area contributed by atoms with Crippen molar-refractivity contribution in [2.24, 2.45) is 5.73 Å². The van der Waals surface area contributed by atoms with Crippen molar-refractivity contribution >= 4 is 23.1 Å². The molecule has 1 rings (SSSR count). The minimum absolute atomic E-state index is 0.0474. The summed E-state index contributed by atoms with van der Waals surface area (Å²) in [7, 11) is 0. The lowest BCUT2D eigenvalue weighted by Gasteiger charge is -2.28. The van der Waals surface area contributed by atoms with Gasteiger partial charge in [0.15, 0.2) is 0 Å². The molecule has 0 aliphatic carbocycles. The molecule has 0 spiro atoms. The molecule has 1 aromatic carbocycles. The van der Waals surface area contributed by atoms with Crippen LogP contribution in [-0.4, -0.2) is 21.5 Å². The minimum atomic E-state index is -0.710. The van der Waals surface area contributed by atoms with Crippen molar-refractivity contribution in [3.05, 3.63) is 29.8 Å². The van der Waals surface area contributed by atoms with Gasteiger partial charge in [0.2, 0.25) is 0 Å². The van der Waals surface area contributed by atoms with Crippen LogP contribution in [0, 0.1) is 0 Å². The fraction of sp³-hybridized carbons (Fsp3) is 0.333. The molecule has 1 unspecified atom stereocenters. The Morgan fingerprint density at radius 1 is 1.59 bits per heavy atom. The van der Waals surface area contributed by atoms with Crippen LogP contribution in [-0.2, 0) is 0 Å². The van der Waals surface area contributed by atoms with Crippen molar-refractivity contribution in [1.29, 1.82) is 0 Å². The van der Waals surface area contributed by atoms with E-state index in [2.05, 4.69) is 5.32 Å². The average molecular weight is 252 g/mol. The summed E-state index contributed by atoms with van der Waals surface area (Å²) in [5.41, 5.74) is 5.27. The van der Waals surface area contributed by atoms with E-state index in [1.54, 1.807) is 19.1 Å². The second-order valence-electron chi connectivity index (χ2n) is 4.05. The Morgan fingerprint density at radius 3 is 2.71 bits per heavy atom. The number of aromatic hydroxyl groups is 1. The fourth-order valence-electron chi connectivity index (χ4n) is 1.29. The zero-order valence-electron chi connectivity index (χ0n) is 9.86. The van der Waals surface area contributed by atoms with E-state index in [-0.39, 0.29) is 16.6 Å². The number of amides is 1. The van der Waals surface area contributed by atoms with Crippen LogP contribution < -0.4 is 11.1 Å². The molecule has 0 aromatic heterocycles. The number of phenols is 1. The van der Waals surface area contributed by atoms with Crippen molar-refractivity contribution in [1.82, 2.24) is 5.32 Å². The Kier molecular flexibility index (Phi) is 4.07. The Balaban J connectivity index is 2.89. The van der Waals surface area contributed by atoms with Crippen molar-refractivity contribution in [2.75, 3.05) is 0 Å². The summed E-state index contributed by atoms with van der Waals surface area (Å²) in [6.45, 7) is 3.66. The zero-order chi connectivity index (χ0) is 13.1. The van der Waals surface area contributed by atoms with Gasteiger partial charge in [-0.2, -0.15) is 0 Å². The van der Waals surface area contributed by atoms with Gasteiger partial charge in [-0.3, -0.25) is 4.79 Å². The third kappa shape index (κ3) is 3.17. The molecule has 0 fully saturated rings. The van der Waals surface area contributed by atoms with Gasteiger partial charge < -0.3 is 16.2 Å². The normalized spacial score (nSPS) is 13.8. The molecule has 0 heterocycles. The second kappa shape index (κ2) is 5.14. The molecule has 0 aliphatic rings. The Bertz CT molecular complexity index is 448. The topological polar surface area (TPSA) is 75.3 Å². The van der Waals surface area contributed by atoms with E-state index >= 15 is 0 Å². The van der Waals surface area contributed by atoms with Gasteiger partial charge in [-0.1, -0.05) is 25.2 Å². The molecule has 92 valence electrons. The van der Waals surface area contributed by atoms with Crippen LogP contribution in [0.25, 0.3) is 0 Å². The highest BCUT2D eigenvalue weighted by Gasteiger charge is 2.27. The van der Waals surface area contributed by atoms with Crippen molar-refractivity contribution < 1.29 is 9.90 Å². The maximum Gasteiger partial charge on any atom is 0.252 e. The summed E-state index contributed by atoms with van der Waals surface area (Å²) in [5, 5.41) is 12.1. The number of nitrogens with two attached hydrogens (primary N) is 1. The van der Waals surface area contributed by atoms with Crippen molar-refractivity contribution in [3.8, 4) is 5.75 Å². The molecule has 0 saturated heterocycles. The number of benzene rings is 1. The van der Waals surface area contributed by atoms with E-state index < -0.39 is 5.54 Å². The van der Waals surface area contributed by atoms with Gasteiger partial charge in [-0.15, -0.1) is 0 Å². The molecular formula is C12H16N2O2S. The maximum atomic E-state index is 11.9. The molecule has 4 N–H and O–H groups in total. The summed E-state index contributed by atoms with van der Waals surface area (Å²) in [4.78, 5) is 12.2. The third-order valence-electron chi connectivity index (χ3n) is 2.75. The highest BCUT2D eigenvalue weighted by atomic mass is 32.1. The summed E-state index contributed by atoms with van der Waals surface area (Å²) >= 11 is 4.94. The number of nitrogens with one attached hydrogen (secondary N) is 1. The number of rotatable bonds is 4. The predicted molar refractivity (Wildman–Crippen MR) is 71.1 cm³/mol. The molecule has 1 atom stereocenters. The average Bonchev–Trinajstić information content (AvgIpc) is 2.28. The smallest absolute Gasteiger partial charge is 0.252 e. The number of phenolic OH excluding ortho intramolecular Hbond substituents is 1. The molecule has 0 aliphatic heterocycles. The first-order valence-electron chi connectivity index (χ1n) is 5.30. The van der Waals surface area contributed by atoms with E-state index in [4.69, 9.17) is 18.0 Å². The monoisotopic (exact) mass is 252 g/mol. The molecule has 0 saturated carbocycles. The first-order valence-corrected chi connectivity index (χ1v) is 5.71. The van der Waals surface area contributed by atoms with Gasteiger partial charge in [-0.05, 0) is 31.5 Å². The lowest BCUT2D eigenvalue weighted by atomic mass is 9.98. The summed E-state index contributed by atoms with van der Waals surface area (Å²) in [5.74, 6) is -0.260. The molecule has 1 aromatic rings. The summed E-state index contributed by atoms with van der Waals surface area (Å²) < 4.78 is 0.